The molecule has 7 heteroatoms. The van der Waals surface area contributed by atoms with E-state index in [2.05, 4.69) is 10.2 Å². The van der Waals surface area contributed by atoms with Crippen LogP contribution in [0.2, 0.25) is 0 Å². The fourth-order valence-electron chi connectivity index (χ4n) is 2.91. The van der Waals surface area contributed by atoms with E-state index in [0.717, 1.165) is 39.3 Å². The van der Waals surface area contributed by atoms with E-state index in [9.17, 15) is 14.7 Å². The van der Waals surface area contributed by atoms with Gasteiger partial charge in [-0.2, -0.15) is 0 Å². The lowest BCUT2D eigenvalue weighted by atomic mass is 10.1. The van der Waals surface area contributed by atoms with E-state index in [0.29, 0.717) is 17.8 Å². The van der Waals surface area contributed by atoms with Crippen molar-refractivity contribution in [2.75, 3.05) is 39.4 Å². The minimum Gasteiger partial charge on any atom is -0.478 e. The van der Waals surface area contributed by atoms with Crippen LogP contribution >= 0.6 is 0 Å². The summed E-state index contributed by atoms with van der Waals surface area (Å²) in [5, 5.41) is 12.1. The van der Waals surface area contributed by atoms with Crippen LogP contribution in [0.3, 0.4) is 0 Å². The maximum absolute atomic E-state index is 12.0. The van der Waals surface area contributed by atoms with E-state index >= 15 is 0 Å². The zero-order valence-electron chi connectivity index (χ0n) is 13.8. The van der Waals surface area contributed by atoms with Crippen LogP contribution in [-0.2, 0) is 23.0 Å². The smallest absolute Gasteiger partial charge is 0.337 e. The third kappa shape index (κ3) is 4.80. The third-order valence-corrected chi connectivity index (χ3v) is 4.11. The van der Waals surface area contributed by atoms with E-state index in [1.807, 2.05) is 0 Å². The minimum atomic E-state index is -0.988. The number of aryl methyl sites for hydroxylation is 2. The molecule has 0 atom stereocenters. The predicted molar refractivity (Wildman–Crippen MR) is 85.7 cm³/mol. The molecule has 1 fully saturated rings. The van der Waals surface area contributed by atoms with E-state index in [-0.39, 0.29) is 17.9 Å². The summed E-state index contributed by atoms with van der Waals surface area (Å²) in [6, 6.07) is 0. The summed E-state index contributed by atoms with van der Waals surface area (Å²) >= 11 is 0. The summed E-state index contributed by atoms with van der Waals surface area (Å²) in [6.07, 6.45) is 2.71. The molecule has 1 saturated heterocycles. The van der Waals surface area contributed by atoms with Gasteiger partial charge in [-0.15, -0.1) is 0 Å². The van der Waals surface area contributed by atoms with Crippen molar-refractivity contribution in [2.24, 2.45) is 7.05 Å². The van der Waals surface area contributed by atoms with Crippen LogP contribution in [0.25, 0.3) is 0 Å². The monoisotopic (exact) mass is 323 g/mol. The van der Waals surface area contributed by atoms with Gasteiger partial charge in [-0.25, -0.2) is 4.79 Å². The van der Waals surface area contributed by atoms with Gasteiger partial charge in [0.05, 0.1) is 25.2 Å². The Morgan fingerprint density at radius 2 is 2.04 bits per heavy atom. The second kappa shape index (κ2) is 8.12. The third-order valence-electron chi connectivity index (χ3n) is 4.11. The van der Waals surface area contributed by atoms with E-state index in [4.69, 9.17) is 4.74 Å². The molecule has 2 rings (SSSR count). The van der Waals surface area contributed by atoms with Gasteiger partial charge in [-0.3, -0.25) is 9.69 Å². The van der Waals surface area contributed by atoms with Crippen LogP contribution in [0.1, 0.15) is 28.0 Å². The highest BCUT2D eigenvalue weighted by molar-refractivity contribution is 5.92. The van der Waals surface area contributed by atoms with Gasteiger partial charge in [-0.1, -0.05) is 0 Å². The summed E-state index contributed by atoms with van der Waals surface area (Å²) < 4.78 is 7.01. The summed E-state index contributed by atoms with van der Waals surface area (Å²) in [6.45, 7) is 6.72. The van der Waals surface area contributed by atoms with Crippen LogP contribution in [0.15, 0.2) is 6.20 Å². The maximum Gasteiger partial charge on any atom is 0.337 e. The standard InChI is InChI=1S/C16H25N3O4/c1-12-11-18(2)13(15(12)16(21)22)10-14(20)17-4-3-5-19-6-8-23-9-7-19/h11H,3-10H2,1-2H3,(H,17,20)(H,21,22). The van der Waals surface area contributed by atoms with E-state index in [1.165, 1.54) is 0 Å². The number of aromatic nitrogens is 1. The van der Waals surface area contributed by atoms with Crippen molar-refractivity contribution >= 4 is 11.9 Å². The number of nitrogens with one attached hydrogen (secondary N) is 1. The van der Waals surface area contributed by atoms with Gasteiger partial charge in [0.2, 0.25) is 5.91 Å². The number of carboxylic acids is 1. The number of carboxylic acid groups (broad SMARTS) is 1. The van der Waals surface area contributed by atoms with Gasteiger partial charge >= 0.3 is 5.97 Å². The fourth-order valence-corrected chi connectivity index (χ4v) is 2.91. The first-order valence-electron chi connectivity index (χ1n) is 7.94. The summed E-state index contributed by atoms with van der Waals surface area (Å²) in [7, 11) is 1.76. The summed E-state index contributed by atoms with van der Waals surface area (Å²) in [5.41, 5.74) is 1.45. The molecule has 2 heterocycles. The van der Waals surface area contributed by atoms with Crippen molar-refractivity contribution in [1.82, 2.24) is 14.8 Å². The molecule has 1 amide bonds. The summed E-state index contributed by atoms with van der Waals surface area (Å²) in [5.74, 6) is -1.13. The van der Waals surface area contributed by atoms with Gasteiger partial charge in [-0.05, 0) is 25.5 Å². The number of carbonyl (C=O) groups is 2. The first kappa shape index (κ1) is 17.5. The highest BCUT2D eigenvalue weighted by Gasteiger charge is 2.19. The molecule has 0 aromatic carbocycles. The molecule has 0 spiro atoms. The van der Waals surface area contributed by atoms with Crippen molar-refractivity contribution in [3.63, 3.8) is 0 Å². The van der Waals surface area contributed by atoms with Crippen LogP contribution in [0, 0.1) is 6.92 Å². The van der Waals surface area contributed by atoms with Gasteiger partial charge in [0.15, 0.2) is 0 Å². The molecule has 1 aliphatic heterocycles. The lowest BCUT2D eigenvalue weighted by Gasteiger charge is -2.26. The zero-order chi connectivity index (χ0) is 16.8. The van der Waals surface area contributed by atoms with Crippen LogP contribution in [0.5, 0.6) is 0 Å². The molecule has 1 aliphatic rings. The SMILES string of the molecule is Cc1cn(C)c(CC(=O)NCCCN2CCOCC2)c1C(=O)O. The Bertz CT molecular complexity index is 562. The quantitative estimate of drug-likeness (QED) is 0.710. The Labute approximate surface area is 136 Å². The van der Waals surface area contributed by atoms with Gasteiger partial charge in [0.25, 0.3) is 0 Å². The number of rotatable bonds is 7. The number of morpholine rings is 1. The highest BCUT2D eigenvalue weighted by atomic mass is 16.5. The maximum atomic E-state index is 12.0. The lowest BCUT2D eigenvalue weighted by Crippen LogP contribution is -2.38. The van der Waals surface area contributed by atoms with Crippen molar-refractivity contribution < 1.29 is 19.4 Å². The van der Waals surface area contributed by atoms with Gasteiger partial charge < -0.3 is 19.7 Å². The molecular formula is C16H25N3O4. The molecule has 0 bridgehead atoms. The molecule has 0 unspecified atom stereocenters. The van der Waals surface area contributed by atoms with E-state index < -0.39 is 5.97 Å². The highest BCUT2D eigenvalue weighted by Crippen LogP contribution is 2.16. The topological polar surface area (TPSA) is 83.8 Å². The second-order valence-corrected chi connectivity index (χ2v) is 5.88. The molecule has 7 nitrogen and oxygen atoms in total. The second-order valence-electron chi connectivity index (χ2n) is 5.88. The average Bonchev–Trinajstić information content (AvgIpc) is 2.79. The van der Waals surface area contributed by atoms with Crippen molar-refractivity contribution in [3.05, 3.63) is 23.0 Å². The minimum absolute atomic E-state index is 0.0868. The van der Waals surface area contributed by atoms with Crippen LogP contribution in [0.4, 0.5) is 0 Å². The Hall–Kier alpha value is -1.86. The van der Waals surface area contributed by atoms with Crippen LogP contribution < -0.4 is 5.32 Å². The zero-order valence-corrected chi connectivity index (χ0v) is 13.8. The molecule has 0 saturated carbocycles. The van der Waals surface area contributed by atoms with E-state index in [1.54, 1.807) is 24.7 Å². The molecule has 1 aromatic heterocycles. The Kier molecular flexibility index (Phi) is 6.18. The molecular weight excluding hydrogens is 298 g/mol. The first-order valence-corrected chi connectivity index (χ1v) is 7.94. The number of hydrogen-bond donors (Lipinski definition) is 2. The Balaban J connectivity index is 1.77. The first-order chi connectivity index (χ1) is 11.0. The molecule has 0 radical (unpaired) electrons. The molecule has 1 aromatic rings. The van der Waals surface area contributed by atoms with Crippen molar-refractivity contribution in [2.45, 2.75) is 19.8 Å². The van der Waals surface area contributed by atoms with Gasteiger partial charge in [0, 0.05) is 38.6 Å². The number of hydrogen-bond acceptors (Lipinski definition) is 4. The lowest BCUT2D eigenvalue weighted by molar-refractivity contribution is -0.120. The Morgan fingerprint density at radius 1 is 1.35 bits per heavy atom. The molecule has 128 valence electrons. The van der Waals surface area contributed by atoms with Crippen LogP contribution in [-0.4, -0.2) is 65.8 Å². The number of amides is 1. The molecule has 23 heavy (non-hydrogen) atoms. The fraction of sp³-hybridized carbons (Fsp3) is 0.625. The number of aromatic carboxylic acids is 1. The Morgan fingerprint density at radius 3 is 2.70 bits per heavy atom. The normalized spacial score (nSPS) is 15.6. The predicted octanol–water partition coefficient (Wildman–Crippen LogP) is 0.413. The average molecular weight is 323 g/mol. The number of carbonyl (C=O) groups excluding carboxylic acids is 1. The number of nitrogens with zero attached hydrogens (tertiary/aromatic N) is 2. The van der Waals surface area contributed by atoms with Crippen molar-refractivity contribution in [3.8, 4) is 0 Å². The summed E-state index contributed by atoms with van der Waals surface area (Å²) in [4.78, 5) is 25.7. The number of ether oxygens (including phenoxy) is 1. The van der Waals surface area contributed by atoms with Crippen molar-refractivity contribution in [1.29, 1.82) is 0 Å². The molecule has 0 aliphatic carbocycles. The van der Waals surface area contributed by atoms with Gasteiger partial charge in [0.1, 0.15) is 0 Å². The largest absolute Gasteiger partial charge is 0.478 e. The molecule has 2 N–H and O–H groups in total.